The Hall–Kier alpha value is -2.55. The second-order valence-electron chi connectivity index (χ2n) is 5.03. The van der Waals surface area contributed by atoms with Crippen LogP contribution in [-0.4, -0.2) is 12.6 Å². The molecular formula is C18H15O3-. The molecule has 3 aromatic rings. The van der Waals surface area contributed by atoms with Crippen molar-refractivity contribution in [2.24, 2.45) is 0 Å². The normalized spacial score (nSPS) is 10.9. The molecule has 0 atom stereocenters. The Morgan fingerprint density at radius 1 is 0.905 bits per heavy atom. The van der Waals surface area contributed by atoms with Crippen LogP contribution in [0.3, 0.4) is 0 Å². The largest absolute Gasteiger partial charge is 0.550 e. The van der Waals surface area contributed by atoms with Gasteiger partial charge in [-0.15, -0.1) is 0 Å². The van der Waals surface area contributed by atoms with Crippen LogP contribution in [0.2, 0.25) is 0 Å². The van der Waals surface area contributed by atoms with Gasteiger partial charge in [-0.05, 0) is 58.7 Å². The lowest BCUT2D eigenvalue weighted by Gasteiger charge is -2.08. The fourth-order valence-corrected chi connectivity index (χ4v) is 2.41. The highest BCUT2D eigenvalue weighted by atomic mass is 16.5. The van der Waals surface area contributed by atoms with Crippen molar-refractivity contribution >= 4 is 27.5 Å². The summed E-state index contributed by atoms with van der Waals surface area (Å²) in [6, 6.07) is 18.5. The van der Waals surface area contributed by atoms with Gasteiger partial charge in [-0.1, -0.05) is 30.3 Å². The number of carbonyl (C=O) groups is 1. The Morgan fingerprint density at radius 3 is 2.29 bits per heavy atom. The molecule has 0 amide bonds. The minimum atomic E-state index is -1.04. The van der Waals surface area contributed by atoms with E-state index in [4.69, 9.17) is 4.74 Å². The predicted octanol–water partition coefficient (Wildman–Crippen LogP) is 2.90. The SMILES string of the molecule is O=C([O-])CCCOc1ccc2cc3ccccc3cc2c1. The van der Waals surface area contributed by atoms with Crippen molar-refractivity contribution in [2.75, 3.05) is 6.61 Å². The molecule has 0 aliphatic rings. The van der Waals surface area contributed by atoms with Crippen molar-refractivity contribution in [2.45, 2.75) is 12.8 Å². The first-order valence-electron chi connectivity index (χ1n) is 6.97. The highest BCUT2D eigenvalue weighted by Gasteiger charge is 2.00. The van der Waals surface area contributed by atoms with Crippen LogP contribution in [0.1, 0.15) is 12.8 Å². The number of carboxylic acid groups (broad SMARTS) is 1. The third-order valence-corrected chi connectivity index (χ3v) is 3.47. The molecule has 0 fully saturated rings. The minimum absolute atomic E-state index is 0.0260. The molecule has 0 bridgehead atoms. The third-order valence-electron chi connectivity index (χ3n) is 3.47. The Balaban J connectivity index is 1.82. The van der Waals surface area contributed by atoms with Crippen molar-refractivity contribution < 1.29 is 14.6 Å². The average molecular weight is 279 g/mol. The van der Waals surface area contributed by atoms with E-state index in [0.29, 0.717) is 13.0 Å². The Labute approximate surface area is 122 Å². The predicted molar refractivity (Wildman–Crippen MR) is 81.2 cm³/mol. The molecule has 0 N–H and O–H groups in total. The highest BCUT2D eigenvalue weighted by Crippen LogP contribution is 2.26. The smallest absolute Gasteiger partial charge is 0.119 e. The quantitative estimate of drug-likeness (QED) is 0.533. The molecule has 21 heavy (non-hydrogen) atoms. The van der Waals surface area contributed by atoms with E-state index in [1.165, 1.54) is 10.8 Å². The summed E-state index contributed by atoms with van der Waals surface area (Å²) in [4.78, 5) is 10.3. The van der Waals surface area contributed by atoms with E-state index in [2.05, 4.69) is 24.3 Å². The Kier molecular flexibility index (Phi) is 3.73. The molecule has 0 radical (unpaired) electrons. The number of rotatable bonds is 5. The van der Waals surface area contributed by atoms with Gasteiger partial charge in [0.15, 0.2) is 0 Å². The molecular weight excluding hydrogens is 264 g/mol. The maximum Gasteiger partial charge on any atom is 0.119 e. The molecule has 0 aliphatic heterocycles. The van der Waals surface area contributed by atoms with Gasteiger partial charge in [0.05, 0.1) is 6.61 Å². The zero-order valence-corrected chi connectivity index (χ0v) is 11.5. The molecule has 0 unspecified atom stereocenters. The summed E-state index contributed by atoms with van der Waals surface area (Å²) in [6.45, 7) is 0.382. The van der Waals surface area contributed by atoms with E-state index in [0.717, 1.165) is 16.5 Å². The minimum Gasteiger partial charge on any atom is -0.550 e. The number of hydrogen-bond acceptors (Lipinski definition) is 3. The first-order chi connectivity index (χ1) is 10.2. The monoisotopic (exact) mass is 279 g/mol. The highest BCUT2D eigenvalue weighted by molar-refractivity contribution is 5.98. The maximum absolute atomic E-state index is 10.3. The van der Waals surface area contributed by atoms with Crippen LogP contribution in [0.4, 0.5) is 0 Å². The van der Waals surface area contributed by atoms with Crippen molar-refractivity contribution in [3.8, 4) is 5.75 Å². The second kappa shape index (κ2) is 5.83. The molecule has 0 aromatic heterocycles. The molecule has 0 spiro atoms. The zero-order valence-electron chi connectivity index (χ0n) is 11.5. The number of aliphatic carboxylic acids is 1. The number of fused-ring (bicyclic) bond motifs is 2. The van der Waals surface area contributed by atoms with Crippen LogP contribution < -0.4 is 9.84 Å². The summed E-state index contributed by atoms with van der Waals surface area (Å²) in [7, 11) is 0. The van der Waals surface area contributed by atoms with Gasteiger partial charge in [0, 0.05) is 5.97 Å². The first-order valence-corrected chi connectivity index (χ1v) is 6.97. The molecule has 3 aromatic carbocycles. The number of benzene rings is 3. The van der Waals surface area contributed by atoms with Gasteiger partial charge in [-0.2, -0.15) is 0 Å². The number of carbonyl (C=O) groups excluding carboxylic acids is 1. The van der Waals surface area contributed by atoms with E-state index in [1.54, 1.807) is 0 Å². The van der Waals surface area contributed by atoms with E-state index in [-0.39, 0.29) is 6.42 Å². The van der Waals surface area contributed by atoms with Crippen LogP contribution in [0.5, 0.6) is 5.75 Å². The van der Waals surface area contributed by atoms with E-state index in [1.807, 2.05) is 30.3 Å². The molecule has 0 heterocycles. The number of ether oxygens (including phenoxy) is 1. The van der Waals surface area contributed by atoms with Gasteiger partial charge in [0.25, 0.3) is 0 Å². The fraction of sp³-hybridized carbons (Fsp3) is 0.167. The van der Waals surface area contributed by atoms with E-state index < -0.39 is 5.97 Å². The summed E-state index contributed by atoms with van der Waals surface area (Å²) >= 11 is 0. The van der Waals surface area contributed by atoms with Crippen molar-refractivity contribution in [1.29, 1.82) is 0 Å². The van der Waals surface area contributed by atoms with E-state index >= 15 is 0 Å². The first kappa shape index (κ1) is 13.4. The van der Waals surface area contributed by atoms with Crippen LogP contribution in [0.15, 0.2) is 54.6 Å². The lowest BCUT2D eigenvalue weighted by Crippen LogP contribution is -2.22. The lowest BCUT2D eigenvalue weighted by atomic mass is 10.0. The van der Waals surface area contributed by atoms with Crippen LogP contribution in [-0.2, 0) is 4.79 Å². The van der Waals surface area contributed by atoms with Gasteiger partial charge in [0.1, 0.15) is 5.75 Å². The van der Waals surface area contributed by atoms with Gasteiger partial charge in [-0.3, -0.25) is 0 Å². The van der Waals surface area contributed by atoms with Crippen LogP contribution in [0.25, 0.3) is 21.5 Å². The van der Waals surface area contributed by atoms with Gasteiger partial charge in [0.2, 0.25) is 0 Å². The maximum atomic E-state index is 10.3. The Bertz CT molecular complexity index is 793. The molecule has 0 aliphatic carbocycles. The van der Waals surface area contributed by atoms with Gasteiger partial charge >= 0.3 is 0 Å². The third kappa shape index (κ3) is 3.14. The molecule has 0 saturated carbocycles. The van der Waals surface area contributed by atoms with Crippen LogP contribution in [0, 0.1) is 0 Å². The number of hydrogen-bond donors (Lipinski definition) is 0. The van der Waals surface area contributed by atoms with Crippen molar-refractivity contribution in [3.05, 3.63) is 54.6 Å². The molecule has 0 saturated heterocycles. The fourth-order valence-electron chi connectivity index (χ4n) is 2.41. The average Bonchev–Trinajstić information content (AvgIpc) is 2.49. The van der Waals surface area contributed by atoms with Gasteiger partial charge < -0.3 is 14.6 Å². The molecule has 106 valence electrons. The van der Waals surface area contributed by atoms with Crippen LogP contribution >= 0.6 is 0 Å². The Morgan fingerprint density at radius 2 is 1.57 bits per heavy atom. The lowest BCUT2D eigenvalue weighted by molar-refractivity contribution is -0.305. The van der Waals surface area contributed by atoms with Gasteiger partial charge in [-0.25, -0.2) is 0 Å². The second-order valence-corrected chi connectivity index (χ2v) is 5.03. The van der Waals surface area contributed by atoms with Crippen molar-refractivity contribution in [3.63, 3.8) is 0 Å². The summed E-state index contributed by atoms with van der Waals surface area (Å²) in [6.07, 6.45) is 0.482. The topological polar surface area (TPSA) is 49.4 Å². The standard InChI is InChI=1S/C18H16O3/c19-18(20)6-3-9-21-17-8-7-15-10-13-4-1-2-5-14(13)11-16(15)12-17/h1-2,4-5,7-8,10-12H,3,6,9H2,(H,19,20)/p-1. The summed E-state index contributed by atoms with van der Waals surface area (Å²) < 4.78 is 5.59. The molecule has 3 heteroatoms. The number of carboxylic acids is 1. The zero-order chi connectivity index (χ0) is 14.7. The molecule has 3 rings (SSSR count). The summed E-state index contributed by atoms with van der Waals surface area (Å²) in [5.41, 5.74) is 0. The summed E-state index contributed by atoms with van der Waals surface area (Å²) in [5, 5.41) is 15.0. The van der Waals surface area contributed by atoms with E-state index in [9.17, 15) is 9.90 Å². The van der Waals surface area contributed by atoms with Crippen molar-refractivity contribution in [1.82, 2.24) is 0 Å². The molecule has 3 nitrogen and oxygen atoms in total. The summed E-state index contributed by atoms with van der Waals surface area (Å²) in [5.74, 6) is -0.278.